The normalized spacial score (nSPS) is 15.7. The Kier molecular flexibility index (Phi) is 5.54. The Morgan fingerprint density at radius 1 is 1.33 bits per heavy atom. The standard InChI is InChI=1S/C21H26N6O3/c1-5-26-11-16(14(2)23-26)10-25(3)21(28)20-18-13-30-19(12-27(18)24-22-20)15-6-8-17(29-4)9-7-15/h6-9,11,19H,5,10,12-13H2,1-4H3. The van der Waals surface area contributed by atoms with Gasteiger partial charge in [0.25, 0.3) is 5.91 Å². The molecule has 9 heteroatoms. The number of aromatic nitrogens is 5. The maximum Gasteiger partial charge on any atom is 0.276 e. The maximum atomic E-state index is 13.0. The third-order valence-corrected chi connectivity index (χ3v) is 5.41. The van der Waals surface area contributed by atoms with E-state index >= 15 is 0 Å². The number of rotatable bonds is 6. The van der Waals surface area contributed by atoms with Crippen molar-refractivity contribution in [2.45, 2.75) is 46.2 Å². The molecule has 1 amide bonds. The van der Waals surface area contributed by atoms with Crippen molar-refractivity contribution in [3.63, 3.8) is 0 Å². The lowest BCUT2D eigenvalue weighted by molar-refractivity contribution is -0.00194. The largest absolute Gasteiger partial charge is 0.497 e. The van der Waals surface area contributed by atoms with E-state index in [2.05, 4.69) is 15.4 Å². The van der Waals surface area contributed by atoms with Crippen LogP contribution in [0.2, 0.25) is 0 Å². The summed E-state index contributed by atoms with van der Waals surface area (Å²) in [5.74, 6) is 0.623. The minimum absolute atomic E-state index is 0.145. The van der Waals surface area contributed by atoms with Crippen LogP contribution in [0.1, 0.15) is 46.0 Å². The molecule has 1 aromatic carbocycles. The van der Waals surface area contributed by atoms with Crippen LogP contribution >= 0.6 is 0 Å². The smallest absolute Gasteiger partial charge is 0.276 e. The van der Waals surface area contributed by atoms with Crippen molar-refractivity contribution >= 4 is 5.91 Å². The van der Waals surface area contributed by atoms with E-state index < -0.39 is 0 Å². The number of methoxy groups -OCH3 is 1. The molecule has 1 atom stereocenters. The average molecular weight is 410 g/mol. The average Bonchev–Trinajstić information content (AvgIpc) is 3.35. The zero-order valence-electron chi connectivity index (χ0n) is 17.7. The van der Waals surface area contributed by atoms with Gasteiger partial charge in [0.1, 0.15) is 11.9 Å². The molecule has 2 aromatic heterocycles. The Labute approximate surface area is 175 Å². The summed E-state index contributed by atoms with van der Waals surface area (Å²) in [4.78, 5) is 14.6. The Bertz CT molecular complexity index is 1040. The second-order valence-corrected chi connectivity index (χ2v) is 7.40. The Hall–Kier alpha value is -3.20. The molecule has 3 heterocycles. The third kappa shape index (κ3) is 3.80. The van der Waals surface area contributed by atoms with E-state index in [0.29, 0.717) is 24.5 Å². The molecule has 1 aliphatic rings. The molecule has 0 fully saturated rings. The van der Waals surface area contributed by atoms with Gasteiger partial charge in [-0.25, -0.2) is 4.68 Å². The van der Waals surface area contributed by atoms with E-state index in [0.717, 1.165) is 29.1 Å². The van der Waals surface area contributed by atoms with Gasteiger partial charge in [0, 0.05) is 31.9 Å². The van der Waals surface area contributed by atoms with Crippen LogP contribution in [0.15, 0.2) is 30.5 Å². The van der Waals surface area contributed by atoms with E-state index in [1.807, 2.05) is 49.0 Å². The van der Waals surface area contributed by atoms with Crippen LogP contribution in [-0.2, 0) is 31.0 Å². The zero-order valence-corrected chi connectivity index (χ0v) is 17.7. The quantitative estimate of drug-likeness (QED) is 0.620. The summed E-state index contributed by atoms with van der Waals surface area (Å²) in [6.07, 6.45) is 1.83. The number of amides is 1. The monoisotopic (exact) mass is 410 g/mol. The van der Waals surface area contributed by atoms with Crippen molar-refractivity contribution in [2.24, 2.45) is 0 Å². The van der Waals surface area contributed by atoms with E-state index in [9.17, 15) is 4.79 Å². The fourth-order valence-corrected chi connectivity index (χ4v) is 3.58. The molecule has 30 heavy (non-hydrogen) atoms. The number of ether oxygens (including phenoxy) is 2. The van der Waals surface area contributed by atoms with Crippen LogP contribution in [0.5, 0.6) is 5.75 Å². The molecular weight excluding hydrogens is 384 g/mol. The molecule has 0 saturated carbocycles. The lowest BCUT2D eigenvalue weighted by Crippen LogP contribution is -2.29. The van der Waals surface area contributed by atoms with Crippen molar-refractivity contribution in [1.82, 2.24) is 29.7 Å². The van der Waals surface area contributed by atoms with Gasteiger partial charge >= 0.3 is 0 Å². The van der Waals surface area contributed by atoms with E-state index in [-0.39, 0.29) is 18.6 Å². The molecule has 0 saturated heterocycles. The molecule has 3 aromatic rings. The highest BCUT2D eigenvalue weighted by molar-refractivity contribution is 5.93. The Balaban J connectivity index is 1.47. The minimum atomic E-state index is -0.175. The Morgan fingerprint density at radius 3 is 2.77 bits per heavy atom. The number of carbonyl (C=O) groups is 1. The highest BCUT2D eigenvalue weighted by Gasteiger charge is 2.29. The summed E-state index contributed by atoms with van der Waals surface area (Å²) in [7, 11) is 3.40. The first kappa shape index (κ1) is 20.1. The number of fused-ring (bicyclic) bond motifs is 1. The van der Waals surface area contributed by atoms with Crippen LogP contribution in [0.25, 0.3) is 0 Å². The van der Waals surface area contributed by atoms with Gasteiger partial charge in [-0.05, 0) is 31.5 Å². The summed E-state index contributed by atoms with van der Waals surface area (Å²) in [6.45, 7) is 6.04. The van der Waals surface area contributed by atoms with Crippen LogP contribution in [-0.4, -0.2) is 49.7 Å². The third-order valence-electron chi connectivity index (χ3n) is 5.41. The van der Waals surface area contributed by atoms with Gasteiger partial charge in [-0.3, -0.25) is 9.48 Å². The molecule has 0 N–H and O–H groups in total. The molecule has 0 aliphatic carbocycles. The van der Waals surface area contributed by atoms with Crippen molar-refractivity contribution < 1.29 is 14.3 Å². The molecule has 1 unspecified atom stereocenters. The number of aryl methyl sites for hydroxylation is 2. The van der Waals surface area contributed by atoms with Gasteiger partial charge < -0.3 is 14.4 Å². The molecule has 9 nitrogen and oxygen atoms in total. The summed E-state index contributed by atoms with van der Waals surface area (Å²) in [5, 5.41) is 12.8. The van der Waals surface area contributed by atoms with Gasteiger partial charge in [-0.15, -0.1) is 5.10 Å². The number of benzene rings is 1. The molecule has 0 spiro atoms. The van der Waals surface area contributed by atoms with Crippen molar-refractivity contribution in [1.29, 1.82) is 0 Å². The van der Waals surface area contributed by atoms with Crippen LogP contribution < -0.4 is 4.74 Å². The summed E-state index contributed by atoms with van der Waals surface area (Å²) in [6, 6.07) is 7.76. The van der Waals surface area contributed by atoms with Crippen LogP contribution in [0, 0.1) is 6.92 Å². The molecular formula is C21H26N6O3. The van der Waals surface area contributed by atoms with Crippen molar-refractivity contribution in [3.05, 3.63) is 58.7 Å². The fourth-order valence-electron chi connectivity index (χ4n) is 3.58. The van der Waals surface area contributed by atoms with E-state index in [1.165, 1.54) is 0 Å². The van der Waals surface area contributed by atoms with E-state index in [1.54, 1.807) is 23.7 Å². The molecule has 4 rings (SSSR count). The lowest BCUT2D eigenvalue weighted by atomic mass is 10.1. The van der Waals surface area contributed by atoms with Crippen molar-refractivity contribution in [3.8, 4) is 5.75 Å². The second kappa shape index (κ2) is 8.27. The van der Waals surface area contributed by atoms with Gasteiger partial charge in [0.15, 0.2) is 5.69 Å². The van der Waals surface area contributed by atoms with Crippen LogP contribution in [0.4, 0.5) is 0 Å². The summed E-state index contributed by atoms with van der Waals surface area (Å²) >= 11 is 0. The number of hydrogen-bond acceptors (Lipinski definition) is 6. The molecule has 1 aliphatic heterocycles. The van der Waals surface area contributed by atoms with Gasteiger partial charge in [-0.1, -0.05) is 17.3 Å². The predicted molar refractivity (Wildman–Crippen MR) is 109 cm³/mol. The SMILES string of the molecule is CCn1cc(CN(C)C(=O)c2nnn3c2COC(c2ccc(OC)cc2)C3)c(C)n1. The lowest BCUT2D eigenvalue weighted by Gasteiger charge is -2.25. The van der Waals surface area contributed by atoms with Gasteiger partial charge in [0.2, 0.25) is 0 Å². The van der Waals surface area contributed by atoms with Crippen LogP contribution in [0.3, 0.4) is 0 Å². The van der Waals surface area contributed by atoms with E-state index in [4.69, 9.17) is 9.47 Å². The highest BCUT2D eigenvalue weighted by atomic mass is 16.5. The summed E-state index contributed by atoms with van der Waals surface area (Å²) in [5.41, 5.74) is 4.02. The molecule has 158 valence electrons. The predicted octanol–water partition coefficient (Wildman–Crippen LogP) is 2.36. The van der Waals surface area contributed by atoms with Gasteiger partial charge in [-0.2, -0.15) is 5.10 Å². The number of hydrogen-bond donors (Lipinski definition) is 0. The van der Waals surface area contributed by atoms with Crippen molar-refractivity contribution in [2.75, 3.05) is 14.2 Å². The maximum absolute atomic E-state index is 13.0. The first-order valence-corrected chi connectivity index (χ1v) is 9.96. The summed E-state index contributed by atoms with van der Waals surface area (Å²) < 4.78 is 14.9. The zero-order chi connectivity index (χ0) is 21.3. The first-order chi connectivity index (χ1) is 14.5. The number of nitrogens with zero attached hydrogens (tertiary/aromatic N) is 6. The number of carbonyl (C=O) groups excluding carboxylic acids is 1. The highest BCUT2D eigenvalue weighted by Crippen LogP contribution is 2.28. The first-order valence-electron chi connectivity index (χ1n) is 9.96. The van der Waals surface area contributed by atoms with Gasteiger partial charge in [0.05, 0.1) is 31.6 Å². The Morgan fingerprint density at radius 2 is 2.10 bits per heavy atom. The minimum Gasteiger partial charge on any atom is -0.497 e. The topological polar surface area (TPSA) is 87.3 Å². The molecule has 0 bridgehead atoms. The fraction of sp³-hybridized carbons (Fsp3) is 0.429. The molecule has 0 radical (unpaired) electrons. The second-order valence-electron chi connectivity index (χ2n) is 7.40.